The average Bonchev–Trinajstić information content (AvgIpc) is 2.92. The quantitative estimate of drug-likeness (QED) is 0.850. The molecule has 1 N–H and O–H groups in total. The molecule has 0 spiro atoms. The predicted molar refractivity (Wildman–Crippen MR) is 82.6 cm³/mol. The van der Waals surface area contributed by atoms with Crippen molar-refractivity contribution in [1.82, 2.24) is 5.32 Å². The van der Waals surface area contributed by atoms with Gasteiger partial charge in [0.1, 0.15) is 0 Å². The van der Waals surface area contributed by atoms with Crippen molar-refractivity contribution in [2.75, 3.05) is 29.5 Å². The highest BCUT2D eigenvalue weighted by atomic mass is 32.2. The number of anilines is 1. The number of nitrogens with zero attached hydrogens (tertiary/aromatic N) is 1. The summed E-state index contributed by atoms with van der Waals surface area (Å²) in [4.78, 5) is 2.38. The van der Waals surface area contributed by atoms with E-state index in [1.807, 2.05) is 0 Å². The molecule has 1 saturated heterocycles. The standard InChI is InChI=1S/C15H24N2S/c1-3-17(4-2)15-7-5-13(6-8-15)11-16-14-9-10-18-12-14/h5-8,14,16H,3-4,9-12H2,1-2H3. The summed E-state index contributed by atoms with van der Waals surface area (Å²) in [6, 6.07) is 9.71. The molecule has 1 atom stereocenters. The summed E-state index contributed by atoms with van der Waals surface area (Å²) in [6.45, 7) is 7.57. The molecule has 1 aliphatic heterocycles. The molecule has 1 aliphatic rings. The minimum absolute atomic E-state index is 0.720. The fourth-order valence-corrected chi connectivity index (χ4v) is 3.56. The van der Waals surface area contributed by atoms with E-state index in [0.29, 0.717) is 0 Å². The van der Waals surface area contributed by atoms with Crippen molar-refractivity contribution in [3.8, 4) is 0 Å². The van der Waals surface area contributed by atoms with E-state index >= 15 is 0 Å². The molecule has 2 rings (SSSR count). The molecule has 1 unspecified atom stereocenters. The molecular formula is C15H24N2S. The number of thioether (sulfide) groups is 1. The van der Waals surface area contributed by atoms with Crippen LogP contribution in [0.1, 0.15) is 25.8 Å². The third kappa shape index (κ3) is 3.66. The maximum absolute atomic E-state index is 3.64. The van der Waals surface area contributed by atoms with E-state index in [1.54, 1.807) is 0 Å². The number of nitrogens with one attached hydrogen (secondary N) is 1. The maximum Gasteiger partial charge on any atom is 0.0366 e. The molecule has 2 nitrogen and oxygen atoms in total. The lowest BCUT2D eigenvalue weighted by Gasteiger charge is -2.21. The van der Waals surface area contributed by atoms with E-state index in [9.17, 15) is 0 Å². The number of rotatable bonds is 6. The number of benzene rings is 1. The van der Waals surface area contributed by atoms with Gasteiger partial charge in [0, 0.05) is 37.1 Å². The molecule has 0 aliphatic carbocycles. The van der Waals surface area contributed by atoms with Gasteiger partial charge in [-0.25, -0.2) is 0 Å². The first-order valence-corrected chi connectivity index (χ1v) is 8.14. The van der Waals surface area contributed by atoms with Crippen molar-refractivity contribution in [3.63, 3.8) is 0 Å². The van der Waals surface area contributed by atoms with Gasteiger partial charge in [-0.3, -0.25) is 0 Å². The molecule has 3 heteroatoms. The van der Waals surface area contributed by atoms with E-state index in [0.717, 1.165) is 25.7 Å². The smallest absolute Gasteiger partial charge is 0.0366 e. The van der Waals surface area contributed by atoms with E-state index in [1.165, 1.54) is 29.2 Å². The van der Waals surface area contributed by atoms with E-state index < -0.39 is 0 Å². The largest absolute Gasteiger partial charge is 0.372 e. The second-order valence-corrected chi connectivity index (χ2v) is 5.93. The van der Waals surface area contributed by atoms with Gasteiger partial charge in [-0.15, -0.1) is 0 Å². The SMILES string of the molecule is CCN(CC)c1ccc(CNC2CCSC2)cc1. The Balaban J connectivity index is 1.86. The van der Waals surface area contributed by atoms with E-state index in [4.69, 9.17) is 0 Å². The van der Waals surface area contributed by atoms with Gasteiger partial charge >= 0.3 is 0 Å². The average molecular weight is 264 g/mol. The van der Waals surface area contributed by atoms with Crippen LogP contribution >= 0.6 is 11.8 Å². The Morgan fingerprint density at radius 3 is 2.50 bits per heavy atom. The molecule has 0 radical (unpaired) electrons. The van der Waals surface area contributed by atoms with Crippen molar-refractivity contribution in [2.24, 2.45) is 0 Å². The minimum Gasteiger partial charge on any atom is -0.372 e. The second-order valence-electron chi connectivity index (χ2n) is 4.78. The Morgan fingerprint density at radius 2 is 1.94 bits per heavy atom. The number of hydrogen-bond donors (Lipinski definition) is 1. The zero-order valence-electron chi connectivity index (χ0n) is 11.5. The van der Waals surface area contributed by atoms with E-state index in [-0.39, 0.29) is 0 Å². The van der Waals surface area contributed by atoms with Crippen LogP contribution in [0.3, 0.4) is 0 Å². The zero-order chi connectivity index (χ0) is 12.8. The normalized spacial score (nSPS) is 19.1. The molecule has 0 saturated carbocycles. The maximum atomic E-state index is 3.64. The summed E-state index contributed by atoms with van der Waals surface area (Å²) in [6.07, 6.45) is 1.32. The summed E-state index contributed by atoms with van der Waals surface area (Å²) in [5.41, 5.74) is 2.72. The van der Waals surface area contributed by atoms with Crippen LogP contribution in [0.4, 0.5) is 5.69 Å². The van der Waals surface area contributed by atoms with Crippen LogP contribution in [0.2, 0.25) is 0 Å². The number of hydrogen-bond acceptors (Lipinski definition) is 3. The van der Waals surface area contributed by atoms with Gasteiger partial charge < -0.3 is 10.2 Å². The summed E-state index contributed by atoms with van der Waals surface area (Å²) in [5.74, 6) is 2.59. The second kappa shape index (κ2) is 7.05. The molecule has 0 aromatic heterocycles. The van der Waals surface area contributed by atoms with Crippen molar-refractivity contribution >= 4 is 17.4 Å². The first-order chi connectivity index (χ1) is 8.83. The summed E-state index contributed by atoms with van der Waals surface area (Å²) in [7, 11) is 0. The highest BCUT2D eigenvalue weighted by Gasteiger charge is 2.14. The Morgan fingerprint density at radius 1 is 1.22 bits per heavy atom. The Kier molecular flexibility index (Phi) is 5.39. The highest BCUT2D eigenvalue weighted by Crippen LogP contribution is 2.18. The van der Waals surface area contributed by atoms with Crippen LogP contribution < -0.4 is 10.2 Å². The fourth-order valence-electron chi connectivity index (χ4n) is 2.37. The van der Waals surface area contributed by atoms with Crippen molar-refractivity contribution in [3.05, 3.63) is 29.8 Å². The van der Waals surface area contributed by atoms with Crippen molar-refractivity contribution < 1.29 is 0 Å². The van der Waals surface area contributed by atoms with Crippen LogP contribution in [-0.4, -0.2) is 30.6 Å². The van der Waals surface area contributed by atoms with Crippen LogP contribution in [0.25, 0.3) is 0 Å². The molecule has 1 heterocycles. The van der Waals surface area contributed by atoms with Crippen LogP contribution in [0.5, 0.6) is 0 Å². The van der Waals surface area contributed by atoms with Gasteiger partial charge in [0.15, 0.2) is 0 Å². The van der Waals surface area contributed by atoms with Crippen molar-refractivity contribution in [1.29, 1.82) is 0 Å². The highest BCUT2D eigenvalue weighted by molar-refractivity contribution is 7.99. The molecule has 1 fully saturated rings. The molecule has 1 aromatic carbocycles. The van der Waals surface area contributed by atoms with Gasteiger partial charge in [0.25, 0.3) is 0 Å². The van der Waals surface area contributed by atoms with Gasteiger partial charge in [-0.1, -0.05) is 12.1 Å². The monoisotopic (exact) mass is 264 g/mol. The minimum atomic E-state index is 0.720. The Hall–Kier alpha value is -0.670. The van der Waals surface area contributed by atoms with Crippen LogP contribution in [0, 0.1) is 0 Å². The van der Waals surface area contributed by atoms with Crippen molar-refractivity contribution in [2.45, 2.75) is 32.9 Å². The van der Waals surface area contributed by atoms with Gasteiger partial charge in [-0.05, 0) is 43.7 Å². The predicted octanol–water partition coefficient (Wildman–Crippen LogP) is 3.13. The fraction of sp³-hybridized carbons (Fsp3) is 0.600. The molecule has 1 aromatic rings. The van der Waals surface area contributed by atoms with Gasteiger partial charge in [-0.2, -0.15) is 11.8 Å². The topological polar surface area (TPSA) is 15.3 Å². The summed E-state index contributed by atoms with van der Waals surface area (Å²) < 4.78 is 0. The summed E-state index contributed by atoms with van der Waals surface area (Å²) >= 11 is 2.06. The third-order valence-electron chi connectivity index (χ3n) is 3.59. The molecule has 100 valence electrons. The van der Waals surface area contributed by atoms with Gasteiger partial charge in [0.2, 0.25) is 0 Å². The Bertz CT molecular complexity index is 340. The molecule has 0 amide bonds. The van der Waals surface area contributed by atoms with Gasteiger partial charge in [0.05, 0.1) is 0 Å². The lowest BCUT2D eigenvalue weighted by atomic mass is 10.1. The lowest BCUT2D eigenvalue weighted by molar-refractivity contribution is 0.558. The van der Waals surface area contributed by atoms with Crippen LogP contribution in [0.15, 0.2) is 24.3 Å². The third-order valence-corrected chi connectivity index (χ3v) is 4.75. The molecule has 18 heavy (non-hydrogen) atoms. The zero-order valence-corrected chi connectivity index (χ0v) is 12.3. The molecule has 0 bridgehead atoms. The molecular weight excluding hydrogens is 240 g/mol. The summed E-state index contributed by atoms with van der Waals surface area (Å²) in [5, 5.41) is 3.64. The first-order valence-electron chi connectivity index (χ1n) is 6.98. The van der Waals surface area contributed by atoms with Crippen LogP contribution in [-0.2, 0) is 6.54 Å². The first kappa shape index (κ1) is 13.8. The lowest BCUT2D eigenvalue weighted by Crippen LogP contribution is -2.28. The Labute approximate surface area is 115 Å². The van der Waals surface area contributed by atoms with E-state index in [2.05, 4.69) is 60.1 Å².